The Morgan fingerprint density at radius 3 is 2.67 bits per heavy atom. The normalized spacial score (nSPS) is 19.1. The number of carbonyl (C=O) groups excluding carboxylic acids is 2. The second-order valence-corrected chi connectivity index (χ2v) is 4.66. The first-order chi connectivity index (χ1) is 8.60. The number of anilines is 1. The minimum Gasteiger partial charge on any atom is -0.351 e. The monoisotopic (exact) mass is 246 g/mol. The van der Waals surface area contributed by atoms with Crippen LogP contribution in [-0.2, 0) is 9.59 Å². The first kappa shape index (κ1) is 12.6. The molecule has 18 heavy (non-hydrogen) atoms. The van der Waals surface area contributed by atoms with Gasteiger partial charge in [-0.1, -0.05) is 24.6 Å². The smallest absolute Gasteiger partial charge is 0.229 e. The van der Waals surface area contributed by atoms with Gasteiger partial charge in [0, 0.05) is 25.1 Å². The Morgan fingerprint density at radius 1 is 1.39 bits per heavy atom. The van der Waals surface area contributed by atoms with Crippen LogP contribution in [0.15, 0.2) is 24.3 Å². The number of aryl methyl sites for hydroxylation is 1. The van der Waals surface area contributed by atoms with Crippen LogP contribution in [0.25, 0.3) is 0 Å². The molecule has 0 radical (unpaired) electrons. The van der Waals surface area contributed by atoms with Gasteiger partial charge in [0.15, 0.2) is 0 Å². The zero-order chi connectivity index (χ0) is 13.1. The lowest BCUT2D eigenvalue weighted by Crippen LogP contribution is -2.36. The Balaban J connectivity index is 2.05. The largest absolute Gasteiger partial charge is 0.351 e. The third-order valence-electron chi connectivity index (χ3n) is 3.16. The van der Waals surface area contributed by atoms with Gasteiger partial charge in [-0.2, -0.15) is 0 Å². The lowest BCUT2D eigenvalue weighted by molar-refractivity contribution is -0.121. The summed E-state index contributed by atoms with van der Waals surface area (Å²) in [5.74, 6) is 0.0683. The molecule has 1 aliphatic rings. The summed E-state index contributed by atoms with van der Waals surface area (Å²) in [6.07, 6.45) is 0.842. The molecule has 0 aromatic heterocycles. The van der Waals surface area contributed by atoms with Crippen molar-refractivity contribution in [3.05, 3.63) is 29.8 Å². The van der Waals surface area contributed by atoms with Gasteiger partial charge in [0.2, 0.25) is 11.8 Å². The highest BCUT2D eigenvalue weighted by atomic mass is 16.2. The van der Waals surface area contributed by atoms with Crippen molar-refractivity contribution in [3.63, 3.8) is 0 Å². The van der Waals surface area contributed by atoms with Crippen LogP contribution in [0.1, 0.15) is 25.3 Å². The molecule has 2 amide bonds. The summed E-state index contributed by atoms with van der Waals surface area (Å²) in [4.78, 5) is 25.0. The number of hydrogen-bond acceptors (Lipinski definition) is 2. The van der Waals surface area contributed by atoms with Gasteiger partial charge in [-0.3, -0.25) is 9.59 Å². The molecule has 1 aromatic rings. The molecule has 96 valence electrons. The van der Waals surface area contributed by atoms with Crippen LogP contribution in [0.5, 0.6) is 0 Å². The van der Waals surface area contributed by atoms with E-state index < -0.39 is 0 Å². The number of amides is 2. The van der Waals surface area contributed by atoms with Gasteiger partial charge in [0.1, 0.15) is 0 Å². The molecule has 1 aliphatic heterocycles. The van der Waals surface area contributed by atoms with E-state index in [9.17, 15) is 9.59 Å². The molecule has 1 fully saturated rings. The zero-order valence-electron chi connectivity index (χ0n) is 10.8. The van der Waals surface area contributed by atoms with E-state index in [0.717, 1.165) is 5.69 Å². The molecule has 1 atom stereocenters. The molecule has 1 heterocycles. The second-order valence-electron chi connectivity index (χ2n) is 4.66. The van der Waals surface area contributed by atoms with Gasteiger partial charge < -0.3 is 10.2 Å². The fourth-order valence-electron chi connectivity index (χ4n) is 2.11. The van der Waals surface area contributed by atoms with Crippen LogP contribution in [0.3, 0.4) is 0 Å². The van der Waals surface area contributed by atoms with Crippen LogP contribution in [0.2, 0.25) is 0 Å². The van der Waals surface area contributed by atoms with Crippen molar-refractivity contribution in [2.75, 3.05) is 11.4 Å². The molecular formula is C14H18N2O2. The van der Waals surface area contributed by atoms with Gasteiger partial charge in [-0.05, 0) is 19.1 Å². The van der Waals surface area contributed by atoms with Crippen LogP contribution in [0.4, 0.5) is 5.69 Å². The molecule has 1 N–H and O–H groups in total. The lowest BCUT2D eigenvalue weighted by atomic mass is 10.2. The summed E-state index contributed by atoms with van der Waals surface area (Å²) in [6.45, 7) is 4.39. The quantitative estimate of drug-likeness (QED) is 0.881. The molecule has 4 nitrogen and oxygen atoms in total. The summed E-state index contributed by atoms with van der Waals surface area (Å²) >= 11 is 0. The van der Waals surface area contributed by atoms with Gasteiger partial charge >= 0.3 is 0 Å². The van der Waals surface area contributed by atoms with Crippen molar-refractivity contribution in [2.45, 2.75) is 32.7 Å². The van der Waals surface area contributed by atoms with Crippen molar-refractivity contribution in [1.29, 1.82) is 0 Å². The van der Waals surface area contributed by atoms with Crippen LogP contribution in [0, 0.1) is 6.92 Å². The molecule has 2 rings (SSSR count). The highest BCUT2D eigenvalue weighted by Crippen LogP contribution is 2.21. The number of benzene rings is 1. The molecular weight excluding hydrogens is 228 g/mol. The maximum absolute atomic E-state index is 11.9. The topological polar surface area (TPSA) is 49.4 Å². The Hall–Kier alpha value is -1.84. The van der Waals surface area contributed by atoms with Gasteiger partial charge in [0.25, 0.3) is 0 Å². The maximum Gasteiger partial charge on any atom is 0.229 e. The third kappa shape index (κ3) is 2.70. The average Bonchev–Trinajstić information content (AvgIpc) is 2.71. The fourth-order valence-corrected chi connectivity index (χ4v) is 2.11. The minimum absolute atomic E-state index is 0.00134. The highest BCUT2D eigenvalue weighted by molar-refractivity contribution is 5.96. The standard InChI is InChI=1S/C14H18N2O2/c1-3-13(17)15-11-8-14(18)16(9-11)12-6-4-10(2)5-7-12/h4-7,11H,3,8-9H2,1-2H3,(H,15,17)/t11-/m1/s1. The predicted octanol–water partition coefficient (Wildman–Crippen LogP) is 1.63. The summed E-state index contributed by atoms with van der Waals surface area (Å²) in [7, 11) is 0. The van der Waals surface area contributed by atoms with Crippen LogP contribution >= 0.6 is 0 Å². The van der Waals surface area contributed by atoms with Crippen molar-refractivity contribution >= 4 is 17.5 Å². The molecule has 0 spiro atoms. The summed E-state index contributed by atoms with van der Waals surface area (Å²) in [5, 5.41) is 2.87. The minimum atomic E-state index is -0.0637. The molecule has 0 saturated carbocycles. The average molecular weight is 246 g/mol. The van der Waals surface area contributed by atoms with E-state index in [4.69, 9.17) is 0 Å². The molecule has 1 saturated heterocycles. The number of rotatable bonds is 3. The molecule has 0 aliphatic carbocycles. The number of carbonyl (C=O) groups is 2. The van der Waals surface area contributed by atoms with E-state index in [1.807, 2.05) is 38.1 Å². The van der Waals surface area contributed by atoms with E-state index in [1.165, 1.54) is 5.56 Å². The molecule has 0 unspecified atom stereocenters. The Labute approximate surface area is 107 Å². The highest BCUT2D eigenvalue weighted by Gasteiger charge is 2.31. The first-order valence-corrected chi connectivity index (χ1v) is 6.26. The van der Waals surface area contributed by atoms with E-state index in [-0.39, 0.29) is 17.9 Å². The van der Waals surface area contributed by atoms with Crippen LogP contribution in [-0.4, -0.2) is 24.4 Å². The zero-order valence-corrected chi connectivity index (χ0v) is 10.8. The van der Waals surface area contributed by atoms with Crippen molar-refractivity contribution < 1.29 is 9.59 Å². The van der Waals surface area contributed by atoms with Crippen molar-refractivity contribution in [2.24, 2.45) is 0 Å². The predicted molar refractivity (Wildman–Crippen MR) is 70.4 cm³/mol. The SMILES string of the molecule is CCC(=O)N[C@@H]1CC(=O)N(c2ccc(C)cc2)C1. The number of nitrogens with zero attached hydrogens (tertiary/aromatic N) is 1. The Bertz CT molecular complexity index is 453. The van der Waals surface area contributed by atoms with Crippen molar-refractivity contribution in [1.82, 2.24) is 5.32 Å². The fraction of sp³-hybridized carbons (Fsp3) is 0.429. The summed E-state index contributed by atoms with van der Waals surface area (Å²) in [5.41, 5.74) is 2.07. The van der Waals surface area contributed by atoms with E-state index >= 15 is 0 Å². The van der Waals surface area contributed by atoms with Gasteiger partial charge in [-0.25, -0.2) is 0 Å². The Morgan fingerprint density at radius 2 is 2.06 bits per heavy atom. The van der Waals surface area contributed by atoms with Gasteiger partial charge in [0.05, 0.1) is 6.04 Å². The number of nitrogens with one attached hydrogen (secondary N) is 1. The van der Waals surface area contributed by atoms with E-state index in [1.54, 1.807) is 4.90 Å². The molecule has 4 heteroatoms. The first-order valence-electron chi connectivity index (χ1n) is 6.26. The molecule has 0 bridgehead atoms. The Kier molecular flexibility index (Phi) is 3.65. The van der Waals surface area contributed by atoms with E-state index in [0.29, 0.717) is 19.4 Å². The third-order valence-corrected chi connectivity index (χ3v) is 3.16. The number of hydrogen-bond donors (Lipinski definition) is 1. The summed E-state index contributed by atoms with van der Waals surface area (Å²) < 4.78 is 0. The lowest BCUT2D eigenvalue weighted by Gasteiger charge is -2.17. The second kappa shape index (κ2) is 5.21. The van der Waals surface area contributed by atoms with E-state index in [2.05, 4.69) is 5.32 Å². The summed E-state index contributed by atoms with van der Waals surface area (Å²) in [6, 6.07) is 7.79. The van der Waals surface area contributed by atoms with Crippen molar-refractivity contribution in [3.8, 4) is 0 Å². The molecule has 1 aromatic carbocycles. The van der Waals surface area contributed by atoms with Crippen LogP contribution < -0.4 is 10.2 Å². The van der Waals surface area contributed by atoms with Gasteiger partial charge in [-0.15, -0.1) is 0 Å². The maximum atomic E-state index is 11.9.